The number of hydrogen-bond donors (Lipinski definition) is 0. The van der Waals surface area contributed by atoms with E-state index < -0.39 is 0 Å². The summed E-state index contributed by atoms with van der Waals surface area (Å²) in [5, 5.41) is 6.06. The van der Waals surface area contributed by atoms with Crippen molar-refractivity contribution < 1.29 is 4.79 Å². The van der Waals surface area contributed by atoms with Crippen LogP contribution in [-0.4, -0.2) is 67.0 Å². The number of carbonyl (C=O) groups excluding carboxylic acids is 1. The van der Waals surface area contributed by atoms with E-state index in [-0.39, 0.29) is 30.0 Å². The van der Waals surface area contributed by atoms with Crippen LogP contribution < -0.4 is 5.56 Å². The van der Waals surface area contributed by atoms with E-state index in [0.29, 0.717) is 40.1 Å². The highest BCUT2D eigenvalue weighted by Gasteiger charge is 2.33. The first-order valence-corrected chi connectivity index (χ1v) is 15.4. The van der Waals surface area contributed by atoms with Gasteiger partial charge >= 0.3 is 0 Å². The molecule has 2 aliphatic heterocycles. The van der Waals surface area contributed by atoms with Gasteiger partial charge in [0.2, 0.25) is 5.91 Å². The predicted octanol–water partition coefficient (Wildman–Crippen LogP) is 5.21. The summed E-state index contributed by atoms with van der Waals surface area (Å²) in [6, 6.07) is 28.3. The molecule has 4 heterocycles. The fourth-order valence-corrected chi connectivity index (χ4v) is 7.34. The molecule has 42 heavy (non-hydrogen) atoms. The zero-order valence-corrected chi connectivity index (χ0v) is 24.4. The molecule has 0 spiro atoms. The lowest BCUT2D eigenvalue weighted by Crippen LogP contribution is -2.50. The van der Waals surface area contributed by atoms with Gasteiger partial charge in [0.05, 0.1) is 24.0 Å². The molecule has 1 amide bonds. The third-order valence-corrected chi connectivity index (χ3v) is 9.43. The monoisotopic (exact) mass is 596 g/mol. The van der Waals surface area contributed by atoms with E-state index in [2.05, 4.69) is 58.5 Å². The molecule has 8 nitrogen and oxygen atoms in total. The van der Waals surface area contributed by atoms with Gasteiger partial charge in [0.1, 0.15) is 5.39 Å². The largest absolute Gasteiger partial charge is 0.340 e. The van der Waals surface area contributed by atoms with Crippen LogP contribution in [0.1, 0.15) is 29.6 Å². The third-order valence-electron chi connectivity index (χ3n) is 8.10. The molecule has 212 valence electrons. The molecule has 1 fully saturated rings. The fraction of sp³-hybridized carbons (Fsp3) is 0.250. The van der Waals surface area contributed by atoms with Crippen LogP contribution in [0.3, 0.4) is 0 Å². The van der Waals surface area contributed by atoms with Crippen molar-refractivity contribution in [2.24, 2.45) is 0 Å². The summed E-state index contributed by atoms with van der Waals surface area (Å²) >= 11 is 7.69. The van der Waals surface area contributed by atoms with Gasteiger partial charge in [0, 0.05) is 43.4 Å². The van der Waals surface area contributed by atoms with Crippen molar-refractivity contribution in [3.05, 3.63) is 118 Å². The number of thioether (sulfide) groups is 1. The quantitative estimate of drug-likeness (QED) is 0.251. The number of hydrogen-bond acceptors (Lipinski definition) is 6. The minimum Gasteiger partial charge on any atom is -0.340 e. The third kappa shape index (κ3) is 5.02. The Morgan fingerprint density at radius 1 is 0.929 bits per heavy atom. The molecular weight excluding hydrogens is 568 g/mol. The number of halogens is 1. The molecular formula is C32H29ClN6O2S. The Bertz CT molecular complexity index is 1760. The number of fused-ring (bicyclic) bond motifs is 2. The highest BCUT2D eigenvalue weighted by Crippen LogP contribution is 2.34. The molecule has 2 aromatic heterocycles. The van der Waals surface area contributed by atoms with E-state index in [0.717, 1.165) is 18.8 Å². The lowest BCUT2D eigenvalue weighted by atomic mass is 9.96. The average molecular weight is 597 g/mol. The first-order valence-electron chi connectivity index (χ1n) is 14.1. The van der Waals surface area contributed by atoms with Crippen LogP contribution in [0.5, 0.6) is 0 Å². The summed E-state index contributed by atoms with van der Waals surface area (Å²) in [5.41, 5.74) is 3.57. The molecule has 3 aromatic carbocycles. The topological polar surface area (TPSA) is 76.3 Å². The number of aromatic nitrogens is 4. The van der Waals surface area contributed by atoms with Crippen molar-refractivity contribution in [1.29, 1.82) is 0 Å². The highest BCUT2D eigenvalue weighted by atomic mass is 35.5. The smallest absolute Gasteiger partial charge is 0.265 e. The van der Waals surface area contributed by atoms with E-state index in [9.17, 15) is 9.59 Å². The number of rotatable bonds is 6. The van der Waals surface area contributed by atoms with Crippen LogP contribution in [0, 0.1) is 0 Å². The molecule has 0 bridgehead atoms. The van der Waals surface area contributed by atoms with Gasteiger partial charge in [-0.1, -0.05) is 90.1 Å². The number of carbonyl (C=O) groups is 1. The van der Waals surface area contributed by atoms with Gasteiger partial charge in [-0.15, -0.1) is 0 Å². The second-order valence-electron chi connectivity index (χ2n) is 10.7. The molecule has 1 saturated heterocycles. The summed E-state index contributed by atoms with van der Waals surface area (Å²) in [4.78, 5) is 36.3. The van der Waals surface area contributed by atoms with Crippen molar-refractivity contribution in [3.63, 3.8) is 0 Å². The van der Waals surface area contributed by atoms with E-state index in [4.69, 9.17) is 16.6 Å². The summed E-state index contributed by atoms with van der Waals surface area (Å²) < 4.78 is 3.33. The van der Waals surface area contributed by atoms with Gasteiger partial charge in [-0.2, -0.15) is 5.10 Å². The summed E-state index contributed by atoms with van der Waals surface area (Å²) in [6.07, 6.45) is 1.83. The van der Waals surface area contributed by atoms with Gasteiger partial charge in [0.25, 0.3) is 5.56 Å². The Morgan fingerprint density at radius 3 is 2.29 bits per heavy atom. The molecule has 0 saturated carbocycles. The van der Waals surface area contributed by atoms with E-state index in [1.807, 2.05) is 29.2 Å². The lowest BCUT2D eigenvalue weighted by molar-refractivity contribution is -0.133. The van der Waals surface area contributed by atoms with Gasteiger partial charge in [-0.05, 0) is 29.3 Å². The minimum atomic E-state index is -0.240. The number of benzene rings is 3. The predicted molar refractivity (Wildman–Crippen MR) is 165 cm³/mol. The Kier molecular flexibility index (Phi) is 7.31. The second-order valence-corrected chi connectivity index (χ2v) is 12.1. The van der Waals surface area contributed by atoms with Crippen molar-refractivity contribution in [2.45, 2.75) is 23.7 Å². The highest BCUT2D eigenvalue weighted by molar-refractivity contribution is 7.99. The molecule has 0 N–H and O–H groups in total. The van der Waals surface area contributed by atoms with Crippen molar-refractivity contribution >= 4 is 40.3 Å². The number of nitrogens with zero attached hydrogens (tertiary/aromatic N) is 6. The van der Waals surface area contributed by atoms with Gasteiger partial charge in [-0.3, -0.25) is 19.1 Å². The van der Waals surface area contributed by atoms with Crippen molar-refractivity contribution in [3.8, 4) is 5.69 Å². The maximum absolute atomic E-state index is 13.6. The Labute approximate surface area is 252 Å². The Hall–Kier alpha value is -3.92. The van der Waals surface area contributed by atoms with E-state index in [1.165, 1.54) is 22.9 Å². The van der Waals surface area contributed by atoms with Gasteiger partial charge < -0.3 is 4.90 Å². The first kappa shape index (κ1) is 26.9. The van der Waals surface area contributed by atoms with Gasteiger partial charge in [-0.25, -0.2) is 9.67 Å². The molecule has 5 aromatic rings. The summed E-state index contributed by atoms with van der Waals surface area (Å²) in [5.74, 6) is 0.709. The molecule has 2 aliphatic rings. The zero-order chi connectivity index (χ0) is 28.6. The minimum absolute atomic E-state index is 0.0747. The summed E-state index contributed by atoms with van der Waals surface area (Å²) in [6.45, 7) is 2.86. The van der Waals surface area contributed by atoms with E-state index in [1.54, 1.807) is 27.6 Å². The molecule has 0 aliphatic carbocycles. The lowest BCUT2D eigenvalue weighted by Gasteiger charge is -2.40. The number of amides is 1. The normalized spacial score (nSPS) is 17.2. The standard InChI is InChI=1S/C32H29ClN6O2S/c33-24-12-7-13-25(18-24)39-30-27(20-34-39)31(41)38-26(21-42-32(38)35-30)19-28(40)36-14-16-37(17-15-36)29(22-8-3-1-4-9-22)23-10-5-2-6-11-23/h1-13,18,20,26,29H,14-17,19,21H2. The SMILES string of the molecule is O=C(CC1CSc2nc3c(cnn3-c3cccc(Cl)c3)c(=O)n21)N1CCN(C(c2ccccc2)c2ccccc2)CC1. The van der Waals surface area contributed by atoms with Crippen molar-refractivity contribution in [1.82, 2.24) is 29.1 Å². The van der Waals surface area contributed by atoms with Crippen LogP contribution in [0.4, 0.5) is 0 Å². The van der Waals surface area contributed by atoms with Crippen LogP contribution >= 0.6 is 23.4 Å². The fourth-order valence-electron chi connectivity index (χ4n) is 6.02. The summed E-state index contributed by atoms with van der Waals surface area (Å²) in [7, 11) is 0. The van der Waals surface area contributed by atoms with E-state index >= 15 is 0 Å². The second kappa shape index (κ2) is 11.4. The van der Waals surface area contributed by atoms with Crippen LogP contribution in [0.15, 0.2) is 101 Å². The molecule has 0 radical (unpaired) electrons. The maximum atomic E-state index is 13.6. The van der Waals surface area contributed by atoms with Gasteiger partial charge in [0.15, 0.2) is 10.8 Å². The maximum Gasteiger partial charge on any atom is 0.265 e. The molecule has 10 heteroatoms. The molecule has 1 atom stereocenters. The van der Waals surface area contributed by atoms with Crippen LogP contribution in [0.25, 0.3) is 16.7 Å². The van der Waals surface area contributed by atoms with Crippen LogP contribution in [0.2, 0.25) is 5.02 Å². The molecule has 7 rings (SSSR count). The average Bonchev–Trinajstić information content (AvgIpc) is 3.64. The number of piperazine rings is 1. The van der Waals surface area contributed by atoms with Crippen LogP contribution in [-0.2, 0) is 4.79 Å². The van der Waals surface area contributed by atoms with Crippen molar-refractivity contribution in [2.75, 3.05) is 31.9 Å². The molecule has 1 unspecified atom stereocenters. The zero-order valence-electron chi connectivity index (χ0n) is 22.8. The first-order chi connectivity index (χ1) is 20.6. The Morgan fingerprint density at radius 2 is 1.62 bits per heavy atom. The Balaban J connectivity index is 1.07.